The van der Waals surface area contributed by atoms with Crippen LogP contribution in [-0.4, -0.2) is 10.5 Å². The molecule has 0 radical (unpaired) electrons. The molecule has 0 atom stereocenters. The minimum Gasteiger partial charge on any atom is -0.457 e. The molecule has 0 saturated carbocycles. The summed E-state index contributed by atoms with van der Waals surface area (Å²) in [5, 5.41) is 1.32. The fourth-order valence-corrected chi connectivity index (χ4v) is 2.28. The molecule has 3 rings (SSSR count). The van der Waals surface area contributed by atoms with Gasteiger partial charge >= 0.3 is 5.97 Å². The van der Waals surface area contributed by atoms with Crippen LogP contribution in [0.25, 0.3) is 10.8 Å². The van der Waals surface area contributed by atoms with Gasteiger partial charge in [0, 0.05) is 18.6 Å². The van der Waals surface area contributed by atoms with Gasteiger partial charge in [-0.05, 0) is 35.2 Å². The van der Waals surface area contributed by atoms with Crippen molar-refractivity contribution in [2.45, 2.75) is 6.61 Å². The van der Waals surface area contributed by atoms with Crippen LogP contribution in [0.1, 0.15) is 15.9 Å². The Morgan fingerprint density at radius 1 is 1.09 bits per heavy atom. The Hall–Kier alpha value is -2.88. The minimum absolute atomic E-state index is 0.0818. The molecule has 2 aromatic carbocycles. The van der Waals surface area contributed by atoms with Gasteiger partial charge in [-0.15, -0.1) is 0 Å². The predicted octanol–water partition coefficient (Wildman–Crippen LogP) is 2.90. The first-order valence-electron chi connectivity index (χ1n) is 6.95. The lowest BCUT2D eigenvalue weighted by Gasteiger charge is -2.06. The van der Waals surface area contributed by atoms with Gasteiger partial charge in [-0.3, -0.25) is 4.79 Å². The first-order chi connectivity index (χ1) is 10.6. The van der Waals surface area contributed by atoms with E-state index in [9.17, 15) is 9.59 Å². The second kappa shape index (κ2) is 5.85. The Labute approximate surface area is 127 Å². The molecular weight excluding hydrogens is 278 g/mol. The van der Waals surface area contributed by atoms with Crippen LogP contribution < -0.4 is 5.56 Å². The average Bonchev–Trinajstić information content (AvgIpc) is 2.56. The quantitative estimate of drug-likeness (QED) is 0.698. The molecule has 110 valence electrons. The van der Waals surface area contributed by atoms with Crippen molar-refractivity contribution in [2.24, 2.45) is 7.05 Å². The number of aromatic nitrogens is 1. The smallest absolute Gasteiger partial charge is 0.338 e. The van der Waals surface area contributed by atoms with E-state index in [0.717, 1.165) is 10.9 Å². The molecule has 0 unspecified atom stereocenters. The zero-order valence-corrected chi connectivity index (χ0v) is 12.2. The van der Waals surface area contributed by atoms with E-state index in [2.05, 4.69) is 0 Å². The number of benzene rings is 2. The van der Waals surface area contributed by atoms with Crippen molar-refractivity contribution in [1.29, 1.82) is 0 Å². The summed E-state index contributed by atoms with van der Waals surface area (Å²) in [6.07, 6.45) is 1.68. The summed E-state index contributed by atoms with van der Waals surface area (Å²) < 4.78 is 6.80. The molecule has 0 aliphatic rings. The number of rotatable bonds is 3. The molecule has 1 heterocycles. The third-order valence-electron chi connectivity index (χ3n) is 3.53. The Kier molecular flexibility index (Phi) is 3.74. The van der Waals surface area contributed by atoms with E-state index >= 15 is 0 Å². The number of pyridine rings is 1. The van der Waals surface area contributed by atoms with Crippen LogP contribution in [0.2, 0.25) is 0 Å². The lowest BCUT2D eigenvalue weighted by atomic mass is 10.1. The summed E-state index contributed by atoms with van der Waals surface area (Å²) in [6.45, 7) is 0.230. The second-order valence-corrected chi connectivity index (χ2v) is 5.10. The van der Waals surface area contributed by atoms with Crippen molar-refractivity contribution in [2.75, 3.05) is 0 Å². The van der Waals surface area contributed by atoms with Gasteiger partial charge in [0.2, 0.25) is 0 Å². The Balaban J connectivity index is 1.82. The summed E-state index contributed by atoms with van der Waals surface area (Å²) in [7, 11) is 1.70. The van der Waals surface area contributed by atoms with Gasteiger partial charge in [0.15, 0.2) is 0 Å². The standard InChI is InChI=1S/C18H15NO3/c1-19-10-9-14-11-15(7-8-16(14)17(19)20)18(21)22-12-13-5-3-2-4-6-13/h2-11H,12H2,1H3. The molecule has 0 aliphatic heterocycles. The highest BCUT2D eigenvalue weighted by molar-refractivity contribution is 5.95. The van der Waals surface area contributed by atoms with Crippen LogP contribution in [0, 0.1) is 0 Å². The number of carbonyl (C=O) groups is 1. The minimum atomic E-state index is -0.397. The molecule has 0 amide bonds. The molecule has 0 fully saturated rings. The van der Waals surface area contributed by atoms with Gasteiger partial charge in [-0.25, -0.2) is 4.79 Å². The highest BCUT2D eigenvalue weighted by Crippen LogP contribution is 2.14. The van der Waals surface area contributed by atoms with Crippen molar-refractivity contribution in [3.05, 3.63) is 82.3 Å². The average molecular weight is 293 g/mol. The molecule has 1 aromatic heterocycles. The summed E-state index contributed by atoms with van der Waals surface area (Å²) in [5.41, 5.74) is 1.30. The number of fused-ring (bicyclic) bond motifs is 1. The fraction of sp³-hybridized carbons (Fsp3) is 0.111. The maximum atomic E-state index is 12.1. The van der Waals surface area contributed by atoms with E-state index in [1.165, 1.54) is 4.57 Å². The van der Waals surface area contributed by atoms with Crippen LogP contribution in [0.5, 0.6) is 0 Å². The van der Waals surface area contributed by atoms with E-state index in [4.69, 9.17) is 4.74 Å². The maximum absolute atomic E-state index is 12.1. The number of esters is 1. The molecule has 0 N–H and O–H groups in total. The molecule has 0 spiro atoms. The van der Waals surface area contributed by atoms with Crippen LogP contribution in [0.15, 0.2) is 65.6 Å². The topological polar surface area (TPSA) is 48.3 Å². The van der Waals surface area contributed by atoms with Gasteiger partial charge in [0.05, 0.1) is 5.56 Å². The molecule has 0 saturated heterocycles. The molecule has 3 aromatic rings. The van der Waals surface area contributed by atoms with Crippen molar-refractivity contribution in [1.82, 2.24) is 4.57 Å². The summed E-state index contributed by atoms with van der Waals surface area (Å²) >= 11 is 0. The van der Waals surface area contributed by atoms with E-state index in [-0.39, 0.29) is 12.2 Å². The highest BCUT2D eigenvalue weighted by atomic mass is 16.5. The van der Waals surface area contributed by atoms with Crippen LogP contribution in [-0.2, 0) is 18.4 Å². The van der Waals surface area contributed by atoms with Crippen molar-refractivity contribution < 1.29 is 9.53 Å². The Morgan fingerprint density at radius 2 is 1.86 bits per heavy atom. The third kappa shape index (κ3) is 2.76. The van der Waals surface area contributed by atoms with Crippen molar-refractivity contribution in [3.63, 3.8) is 0 Å². The fourth-order valence-electron chi connectivity index (χ4n) is 2.28. The summed E-state index contributed by atoms with van der Waals surface area (Å²) in [5.74, 6) is -0.397. The van der Waals surface area contributed by atoms with Crippen molar-refractivity contribution >= 4 is 16.7 Å². The zero-order chi connectivity index (χ0) is 15.5. The second-order valence-electron chi connectivity index (χ2n) is 5.10. The monoisotopic (exact) mass is 293 g/mol. The number of hydrogen-bond acceptors (Lipinski definition) is 3. The lowest BCUT2D eigenvalue weighted by Crippen LogP contribution is -2.15. The molecule has 22 heavy (non-hydrogen) atoms. The van der Waals surface area contributed by atoms with Gasteiger partial charge in [0.25, 0.3) is 5.56 Å². The van der Waals surface area contributed by atoms with E-state index in [0.29, 0.717) is 10.9 Å². The largest absolute Gasteiger partial charge is 0.457 e. The van der Waals surface area contributed by atoms with Gasteiger partial charge in [0.1, 0.15) is 6.61 Å². The number of ether oxygens (including phenoxy) is 1. The first-order valence-corrected chi connectivity index (χ1v) is 6.95. The first kappa shape index (κ1) is 14.1. The summed E-state index contributed by atoms with van der Waals surface area (Å²) in [4.78, 5) is 24.1. The number of carbonyl (C=O) groups excluding carboxylic acids is 1. The predicted molar refractivity (Wildman–Crippen MR) is 84.8 cm³/mol. The van der Waals surface area contributed by atoms with E-state index < -0.39 is 5.97 Å². The normalized spacial score (nSPS) is 10.6. The molecule has 4 nitrogen and oxygen atoms in total. The molecule has 4 heteroatoms. The van der Waals surface area contributed by atoms with Gasteiger partial charge in [-0.1, -0.05) is 30.3 Å². The number of aryl methyl sites for hydroxylation is 1. The lowest BCUT2D eigenvalue weighted by molar-refractivity contribution is 0.0473. The summed E-state index contributed by atoms with van der Waals surface area (Å²) in [6, 6.07) is 16.3. The SMILES string of the molecule is Cn1ccc2cc(C(=O)OCc3ccccc3)ccc2c1=O. The highest BCUT2D eigenvalue weighted by Gasteiger charge is 2.09. The van der Waals surface area contributed by atoms with Crippen molar-refractivity contribution in [3.8, 4) is 0 Å². The van der Waals surface area contributed by atoms with Gasteiger partial charge in [-0.2, -0.15) is 0 Å². The van der Waals surface area contributed by atoms with Crippen LogP contribution >= 0.6 is 0 Å². The van der Waals surface area contributed by atoms with E-state index in [1.54, 1.807) is 31.4 Å². The molecule has 0 aliphatic carbocycles. The van der Waals surface area contributed by atoms with Gasteiger partial charge < -0.3 is 9.30 Å². The number of nitrogens with zero attached hydrogens (tertiary/aromatic N) is 1. The zero-order valence-electron chi connectivity index (χ0n) is 12.2. The molecule has 0 bridgehead atoms. The Bertz CT molecular complexity index is 882. The number of hydrogen-bond donors (Lipinski definition) is 0. The Morgan fingerprint density at radius 3 is 2.64 bits per heavy atom. The van der Waals surface area contributed by atoms with E-state index in [1.807, 2.05) is 36.4 Å². The molecular formula is C18H15NO3. The maximum Gasteiger partial charge on any atom is 0.338 e. The van der Waals surface area contributed by atoms with Crippen LogP contribution in [0.4, 0.5) is 0 Å². The van der Waals surface area contributed by atoms with Crippen LogP contribution in [0.3, 0.4) is 0 Å². The third-order valence-corrected chi connectivity index (χ3v) is 3.53.